The van der Waals surface area contributed by atoms with Crippen LogP contribution in [0.15, 0.2) is 28.8 Å². The number of likely N-dealkylation sites (N-methyl/N-ethyl adjacent to an activating group) is 1. The third kappa shape index (κ3) is 3.74. The van der Waals surface area contributed by atoms with Crippen LogP contribution < -0.4 is 5.32 Å². The van der Waals surface area contributed by atoms with Crippen molar-refractivity contribution in [3.8, 4) is 11.5 Å². The summed E-state index contributed by atoms with van der Waals surface area (Å²) in [4.78, 5) is 19.5. The van der Waals surface area contributed by atoms with E-state index in [1.807, 2.05) is 57.0 Å². The van der Waals surface area contributed by atoms with Gasteiger partial charge >= 0.3 is 0 Å². The Hall–Kier alpha value is -2.21. The molecule has 6 nitrogen and oxygen atoms in total. The van der Waals surface area contributed by atoms with Crippen LogP contribution in [0.5, 0.6) is 0 Å². The molecule has 1 aromatic heterocycles. The molecule has 1 unspecified atom stereocenters. The highest BCUT2D eigenvalue weighted by Gasteiger charge is 2.27. The van der Waals surface area contributed by atoms with Gasteiger partial charge in [-0.15, -0.1) is 0 Å². The number of nitrogens with one attached hydrogen (secondary N) is 1. The van der Waals surface area contributed by atoms with Crippen molar-refractivity contribution in [3.05, 3.63) is 35.7 Å². The van der Waals surface area contributed by atoms with E-state index in [1.54, 1.807) is 0 Å². The van der Waals surface area contributed by atoms with Gasteiger partial charge in [0.15, 0.2) is 5.82 Å². The number of carbonyl (C=O) groups is 1. The molecule has 134 valence electrons. The molecule has 3 rings (SSSR count). The minimum Gasteiger partial charge on any atom is -0.337 e. The maximum atomic E-state index is 13.1. The maximum Gasteiger partial charge on any atom is 0.258 e. The van der Waals surface area contributed by atoms with Crippen molar-refractivity contribution in [1.29, 1.82) is 0 Å². The Bertz CT molecular complexity index is 748. The predicted octanol–water partition coefficient (Wildman–Crippen LogP) is 2.86. The molecule has 0 radical (unpaired) electrons. The zero-order chi connectivity index (χ0) is 18.0. The normalized spacial score (nSPS) is 18.4. The third-order valence-electron chi connectivity index (χ3n) is 4.60. The molecule has 1 aromatic carbocycles. The summed E-state index contributed by atoms with van der Waals surface area (Å²) in [6, 6.07) is 7.81. The van der Waals surface area contributed by atoms with Crippen LogP contribution in [-0.2, 0) is 5.41 Å². The van der Waals surface area contributed by atoms with Crippen molar-refractivity contribution in [2.45, 2.75) is 45.1 Å². The lowest BCUT2D eigenvalue weighted by Gasteiger charge is -2.32. The van der Waals surface area contributed by atoms with Crippen molar-refractivity contribution in [1.82, 2.24) is 20.4 Å². The maximum absolute atomic E-state index is 13.1. The summed E-state index contributed by atoms with van der Waals surface area (Å²) in [6.45, 7) is 7.60. The number of hydrogen-bond acceptors (Lipinski definition) is 5. The summed E-state index contributed by atoms with van der Waals surface area (Å²) < 4.78 is 5.45. The molecule has 1 atom stereocenters. The van der Waals surface area contributed by atoms with Crippen LogP contribution in [0.2, 0.25) is 0 Å². The van der Waals surface area contributed by atoms with Gasteiger partial charge in [0.1, 0.15) is 0 Å². The van der Waals surface area contributed by atoms with Gasteiger partial charge < -0.3 is 14.7 Å². The fraction of sp³-hybridized carbons (Fsp3) is 0.526. The van der Waals surface area contributed by atoms with Gasteiger partial charge in [0.2, 0.25) is 0 Å². The standard InChI is InChI=1S/C19H26N4O2/c1-19(2,3)18-21-16(25-22-18)14-9-5-6-10-15(14)17(24)23-11-7-8-13(12-23)20-4/h5-6,9-10,13,20H,7-8,11-12H2,1-4H3. The van der Waals surface area contributed by atoms with Gasteiger partial charge in [-0.05, 0) is 32.0 Å². The average molecular weight is 342 g/mol. The average Bonchev–Trinajstić information content (AvgIpc) is 3.11. The summed E-state index contributed by atoms with van der Waals surface area (Å²) >= 11 is 0. The number of likely N-dealkylation sites (tertiary alicyclic amines) is 1. The van der Waals surface area contributed by atoms with E-state index in [0.29, 0.717) is 28.9 Å². The van der Waals surface area contributed by atoms with Crippen molar-refractivity contribution in [2.24, 2.45) is 0 Å². The molecule has 1 aliphatic rings. The Morgan fingerprint density at radius 3 is 2.76 bits per heavy atom. The molecule has 0 saturated carbocycles. The van der Waals surface area contributed by atoms with Crippen molar-refractivity contribution < 1.29 is 9.32 Å². The van der Waals surface area contributed by atoms with Gasteiger partial charge in [-0.25, -0.2) is 0 Å². The smallest absolute Gasteiger partial charge is 0.258 e. The highest BCUT2D eigenvalue weighted by Crippen LogP contribution is 2.27. The number of amides is 1. The molecule has 1 fully saturated rings. The summed E-state index contributed by atoms with van der Waals surface area (Å²) in [5.41, 5.74) is 1.11. The minimum absolute atomic E-state index is 0.0195. The fourth-order valence-electron chi connectivity index (χ4n) is 3.06. The molecule has 6 heteroatoms. The largest absolute Gasteiger partial charge is 0.337 e. The highest BCUT2D eigenvalue weighted by molar-refractivity contribution is 6.00. The molecule has 0 spiro atoms. The second-order valence-corrected chi connectivity index (χ2v) is 7.60. The first kappa shape index (κ1) is 17.6. The fourth-order valence-corrected chi connectivity index (χ4v) is 3.06. The van der Waals surface area contributed by atoms with Crippen LogP contribution >= 0.6 is 0 Å². The monoisotopic (exact) mass is 342 g/mol. The zero-order valence-corrected chi connectivity index (χ0v) is 15.4. The predicted molar refractivity (Wildman–Crippen MR) is 96.4 cm³/mol. The topological polar surface area (TPSA) is 71.3 Å². The van der Waals surface area contributed by atoms with Gasteiger partial charge in [-0.1, -0.05) is 38.1 Å². The molecule has 1 saturated heterocycles. The Kier molecular flexibility index (Phi) is 4.90. The molecule has 1 amide bonds. The second kappa shape index (κ2) is 6.96. The number of rotatable bonds is 3. The number of nitrogens with zero attached hydrogens (tertiary/aromatic N) is 3. The minimum atomic E-state index is -0.201. The van der Waals surface area contributed by atoms with Gasteiger partial charge in [-0.2, -0.15) is 4.98 Å². The van der Waals surface area contributed by atoms with Crippen LogP contribution in [0, 0.1) is 0 Å². The summed E-state index contributed by atoms with van der Waals surface area (Å²) in [6.07, 6.45) is 2.11. The third-order valence-corrected chi connectivity index (χ3v) is 4.60. The number of aromatic nitrogens is 2. The number of hydrogen-bond donors (Lipinski definition) is 1. The van der Waals surface area contributed by atoms with Gasteiger partial charge in [0.05, 0.1) is 11.1 Å². The van der Waals surface area contributed by atoms with E-state index in [4.69, 9.17) is 4.52 Å². The van der Waals surface area contributed by atoms with E-state index in [1.165, 1.54) is 0 Å². The lowest BCUT2D eigenvalue weighted by atomic mass is 9.96. The Labute approximate surface area is 148 Å². The van der Waals surface area contributed by atoms with Crippen LogP contribution in [0.3, 0.4) is 0 Å². The Morgan fingerprint density at radius 2 is 2.08 bits per heavy atom. The molecule has 0 aliphatic carbocycles. The van der Waals surface area contributed by atoms with E-state index in [2.05, 4.69) is 15.5 Å². The molecule has 2 heterocycles. The van der Waals surface area contributed by atoms with Crippen LogP contribution in [0.4, 0.5) is 0 Å². The van der Waals surface area contributed by atoms with Crippen molar-refractivity contribution >= 4 is 5.91 Å². The van der Waals surface area contributed by atoms with Gasteiger partial charge in [0.25, 0.3) is 11.8 Å². The first-order chi connectivity index (χ1) is 11.9. The number of carbonyl (C=O) groups excluding carboxylic acids is 1. The molecule has 0 bridgehead atoms. The van der Waals surface area contributed by atoms with E-state index < -0.39 is 0 Å². The molecular formula is C19H26N4O2. The molecule has 1 aliphatic heterocycles. The Balaban J connectivity index is 1.91. The molecule has 2 aromatic rings. The van der Waals surface area contributed by atoms with Crippen molar-refractivity contribution in [3.63, 3.8) is 0 Å². The van der Waals surface area contributed by atoms with E-state index in [0.717, 1.165) is 25.9 Å². The summed E-state index contributed by atoms with van der Waals surface area (Å²) in [7, 11) is 1.94. The SMILES string of the molecule is CNC1CCCN(C(=O)c2ccccc2-c2nc(C(C)(C)C)no2)C1. The quantitative estimate of drug-likeness (QED) is 0.929. The first-order valence-corrected chi connectivity index (χ1v) is 8.80. The molecule has 25 heavy (non-hydrogen) atoms. The van der Waals surface area contributed by atoms with Crippen LogP contribution in [0.1, 0.15) is 49.8 Å². The van der Waals surface area contributed by atoms with E-state index in [9.17, 15) is 4.79 Å². The molecule has 1 N–H and O–H groups in total. The number of piperidine rings is 1. The van der Waals surface area contributed by atoms with Crippen LogP contribution in [-0.4, -0.2) is 47.1 Å². The second-order valence-electron chi connectivity index (χ2n) is 7.60. The lowest BCUT2D eigenvalue weighted by Crippen LogP contribution is -2.47. The van der Waals surface area contributed by atoms with Crippen LogP contribution in [0.25, 0.3) is 11.5 Å². The molecular weight excluding hydrogens is 316 g/mol. The lowest BCUT2D eigenvalue weighted by molar-refractivity contribution is 0.0698. The highest BCUT2D eigenvalue weighted by atomic mass is 16.5. The zero-order valence-electron chi connectivity index (χ0n) is 15.4. The van der Waals surface area contributed by atoms with Gasteiger partial charge in [0, 0.05) is 24.5 Å². The number of benzene rings is 1. The van der Waals surface area contributed by atoms with Crippen molar-refractivity contribution in [2.75, 3.05) is 20.1 Å². The first-order valence-electron chi connectivity index (χ1n) is 8.80. The summed E-state index contributed by atoms with van der Waals surface area (Å²) in [5.74, 6) is 1.06. The van der Waals surface area contributed by atoms with E-state index >= 15 is 0 Å². The van der Waals surface area contributed by atoms with Gasteiger partial charge in [-0.3, -0.25) is 4.79 Å². The van der Waals surface area contributed by atoms with E-state index in [-0.39, 0.29) is 11.3 Å². The Morgan fingerprint density at radius 1 is 1.32 bits per heavy atom. The summed E-state index contributed by atoms with van der Waals surface area (Å²) in [5, 5.41) is 7.35.